The Hall–Kier alpha value is -1.56. The predicted octanol–water partition coefficient (Wildman–Crippen LogP) is 1.03. The molecule has 1 aromatic rings. The van der Waals surface area contributed by atoms with E-state index in [4.69, 9.17) is 11.5 Å². The maximum atomic E-state index is 11.7. The molecule has 0 unspecified atom stereocenters. The number of halogens is 1. The van der Waals surface area contributed by atoms with Gasteiger partial charge >= 0.3 is 0 Å². The zero-order valence-corrected chi connectivity index (χ0v) is 10.8. The number of amides is 2. The van der Waals surface area contributed by atoms with Gasteiger partial charge in [-0.3, -0.25) is 9.59 Å². The fraction of sp³-hybridized carbons (Fsp3) is 0.273. The molecule has 0 aliphatic rings. The molecule has 5 N–H and O–H groups in total. The molecule has 0 saturated heterocycles. The lowest BCUT2D eigenvalue weighted by atomic mass is 10.2. The van der Waals surface area contributed by atoms with Gasteiger partial charge in [-0.25, -0.2) is 0 Å². The van der Waals surface area contributed by atoms with Gasteiger partial charge in [0.25, 0.3) is 5.91 Å². The summed E-state index contributed by atoms with van der Waals surface area (Å²) in [6.45, 7) is 0.411. The number of nitrogens with two attached hydrogens (primary N) is 2. The van der Waals surface area contributed by atoms with E-state index < -0.39 is 0 Å². The van der Waals surface area contributed by atoms with Crippen LogP contribution in [-0.4, -0.2) is 18.4 Å². The van der Waals surface area contributed by atoms with Gasteiger partial charge in [0.15, 0.2) is 0 Å². The summed E-state index contributed by atoms with van der Waals surface area (Å²) in [6, 6.07) is 4.98. The Morgan fingerprint density at radius 2 is 2.00 bits per heavy atom. The van der Waals surface area contributed by atoms with Crippen LogP contribution in [0.15, 0.2) is 22.7 Å². The van der Waals surface area contributed by atoms with Crippen molar-refractivity contribution >= 4 is 33.4 Å². The van der Waals surface area contributed by atoms with Gasteiger partial charge in [-0.2, -0.15) is 0 Å². The van der Waals surface area contributed by atoms with Crippen LogP contribution in [0, 0.1) is 0 Å². The summed E-state index contributed by atoms with van der Waals surface area (Å²) in [4.78, 5) is 22.2. The fourth-order valence-corrected chi connectivity index (χ4v) is 1.82. The van der Waals surface area contributed by atoms with Crippen LogP contribution in [0.4, 0.5) is 5.69 Å². The normalized spacial score (nSPS) is 9.94. The van der Waals surface area contributed by atoms with Crippen LogP contribution in [0.2, 0.25) is 0 Å². The smallest absolute Gasteiger partial charge is 0.251 e. The van der Waals surface area contributed by atoms with Crippen LogP contribution >= 0.6 is 15.9 Å². The molecule has 1 rings (SSSR count). The van der Waals surface area contributed by atoms with Crippen molar-refractivity contribution in [1.82, 2.24) is 5.32 Å². The van der Waals surface area contributed by atoms with E-state index in [1.807, 2.05) is 0 Å². The lowest BCUT2D eigenvalue weighted by Gasteiger charge is -2.05. The molecule has 5 nitrogen and oxygen atoms in total. The van der Waals surface area contributed by atoms with Gasteiger partial charge in [0, 0.05) is 28.7 Å². The predicted molar refractivity (Wildman–Crippen MR) is 69.3 cm³/mol. The third-order valence-corrected chi connectivity index (χ3v) is 2.53. The van der Waals surface area contributed by atoms with Gasteiger partial charge in [0.1, 0.15) is 0 Å². The molecule has 0 bridgehead atoms. The molecule has 0 aliphatic heterocycles. The second-order valence-electron chi connectivity index (χ2n) is 3.60. The molecule has 0 aromatic heterocycles. The molecule has 0 aliphatic carbocycles. The zero-order valence-electron chi connectivity index (χ0n) is 9.20. The summed E-state index contributed by atoms with van der Waals surface area (Å²) in [6.07, 6.45) is 0.797. The highest BCUT2D eigenvalue weighted by molar-refractivity contribution is 9.10. The Labute approximate surface area is 108 Å². The number of benzene rings is 1. The summed E-state index contributed by atoms with van der Waals surface area (Å²) >= 11 is 3.26. The van der Waals surface area contributed by atoms with Crippen molar-refractivity contribution in [3.63, 3.8) is 0 Å². The van der Waals surface area contributed by atoms with E-state index in [2.05, 4.69) is 21.2 Å². The lowest BCUT2D eigenvalue weighted by Crippen LogP contribution is -2.25. The number of nitrogen functional groups attached to an aromatic ring is 1. The highest BCUT2D eigenvalue weighted by Crippen LogP contribution is 2.17. The van der Waals surface area contributed by atoms with Crippen LogP contribution in [0.25, 0.3) is 0 Å². The molecule has 0 atom stereocenters. The van der Waals surface area contributed by atoms with E-state index in [0.29, 0.717) is 24.2 Å². The van der Waals surface area contributed by atoms with E-state index >= 15 is 0 Å². The van der Waals surface area contributed by atoms with Crippen molar-refractivity contribution in [2.75, 3.05) is 12.3 Å². The summed E-state index contributed by atoms with van der Waals surface area (Å²) in [5.74, 6) is -0.589. The standard InChI is InChI=1S/C11H14BrN3O2/c12-8-4-7(5-9(13)6-8)11(17)15-3-1-2-10(14)16/h4-6H,1-3,13H2,(H2,14,16)(H,15,17). The van der Waals surface area contributed by atoms with Gasteiger partial charge in [0.05, 0.1) is 0 Å². The highest BCUT2D eigenvalue weighted by atomic mass is 79.9. The average Bonchev–Trinajstić information content (AvgIpc) is 2.22. The van der Waals surface area contributed by atoms with Crippen LogP contribution in [-0.2, 0) is 4.79 Å². The summed E-state index contributed by atoms with van der Waals surface area (Å²) < 4.78 is 0.750. The van der Waals surface area contributed by atoms with Crippen molar-refractivity contribution in [2.45, 2.75) is 12.8 Å². The van der Waals surface area contributed by atoms with Crippen LogP contribution in [0.3, 0.4) is 0 Å². The molecule has 0 radical (unpaired) electrons. The van der Waals surface area contributed by atoms with Crippen molar-refractivity contribution in [1.29, 1.82) is 0 Å². The monoisotopic (exact) mass is 299 g/mol. The Balaban J connectivity index is 2.49. The van der Waals surface area contributed by atoms with E-state index in [1.54, 1.807) is 18.2 Å². The van der Waals surface area contributed by atoms with Crippen molar-refractivity contribution in [3.05, 3.63) is 28.2 Å². The second kappa shape index (κ2) is 6.24. The molecule has 0 saturated carbocycles. The number of hydrogen-bond donors (Lipinski definition) is 3. The number of nitrogens with one attached hydrogen (secondary N) is 1. The molecular formula is C11H14BrN3O2. The number of carbonyl (C=O) groups excluding carboxylic acids is 2. The van der Waals surface area contributed by atoms with Gasteiger partial charge in [-0.05, 0) is 24.6 Å². The molecule has 6 heteroatoms. The van der Waals surface area contributed by atoms with E-state index in [-0.39, 0.29) is 18.2 Å². The summed E-state index contributed by atoms with van der Waals surface area (Å²) in [5, 5.41) is 2.69. The third-order valence-electron chi connectivity index (χ3n) is 2.07. The molecule has 0 fully saturated rings. The number of rotatable bonds is 5. The maximum absolute atomic E-state index is 11.7. The number of anilines is 1. The van der Waals surface area contributed by atoms with Gasteiger partial charge in [-0.15, -0.1) is 0 Å². The molecule has 2 amide bonds. The number of carbonyl (C=O) groups is 2. The minimum atomic E-state index is -0.369. The van der Waals surface area contributed by atoms with Gasteiger partial charge in [-0.1, -0.05) is 15.9 Å². The SMILES string of the molecule is NC(=O)CCCNC(=O)c1cc(N)cc(Br)c1. The van der Waals surface area contributed by atoms with Crippen molar-refractivity contribution in [2.24, 2.45) is 5.73 Å². The van der Waals surface area contributed by atoms with Gasteiger partial charge in [0.2, 0.25) is 5.91 Å². The van der Waals surface area contributed by atoms with E-state index in [0.717, 1.165) is 4.47 Å². The quantitative estimate of drug-likeness (QED) is 0.559. The lowest BCUT2D eigenvalue weighted by molar-refractivity contribution is -0.118. The summed E-state index contributed by atoms with van der Waals surface area (Å²) in [7, 11) is 0. The average molecular weight is 300 g/mol. The van der Waals surface area contributed by atoms with Crippen LogP contribution in [0.5, 0.6) is 0 Å². The van der Waals surface area contributed by atoms with Crippen molar-refractivity contribution in [3.8, 4) is 0 Å². The Bertz CT molecular complexity index is 414. The molecule has 0 spiro atoms. The molecule has 0 heterocycles. The third kappa shape index (κ3) is 4.86. The Morgan fingerprint density at radius 3 is 2.59 bits per heavy atom. The topological polar surface area (TPSA) is 98.2 Å². The molecule has 17 heavy (non-hydrogen) atoms. The second-order valence-corrected chi connectivity index (χ2v) is 4.51. The van der Waals surface area contributed by atoms with E-state index in [9.17, 15) is 9.59 Å². The molecule has 92 valence electrons. The zero-order chi connectivity index (χ0) is 12.8. The first kappa shape index (κ1) is 13.5. The highest BCUT2D eigenvalue weighted by Gasteiger charge is 2.06. The first-order valence-electron chi connectivity index (χ1n) is 5.11. The first-order chi connectivity index (χ1) is 7.99. The number of hydrogen-bond acceptors (Lipinski definition) is 3. The summed E-state index contributed by atoms with van der Waals surface area (Å²) in [5.41, 5.74) is 11.6. The van der Waals surface area contributed by atoms with Crippen molar-refractivity contribution < 1.29 is 9.59 Å². The molecular weight excluding hydrogens is 286 g/mol. The van der Waals surface area contributed by atoms with Crippen LogP contribution in [0.1, 0.15) is 23.2 Å². The maximum Gasteiger partial charge on any atom is 0.251 e. The molecule has 1 aromatic carbocycles. The minimum absolute atomic E-state index is 0.220. The van der Waals surface area contributed by atoms with E-state index in [1.165, 1.54) is 0 Å². The van der Waals surface area contributed by atoms with Crippen LogP contribution < -0.4 is 16.8 Å². The minimum Gasteiger partial charge on any atom is -0.399 e. The largest absolute Gasteiger partial charge is 0.399 e. The number of primary amides is 1. The fourth-order valence-electron chi connectivity index (χ4n) is 1.31. The Morgan fingerprint density at radius 1 is 1.29 bits per heavy atom. The Kier molecular flexibility index (Phi) is 4.96. The van der Waals surface area contributed by atoms with Gasteiger partial charge < -0.3 is 16.8 Å². The first-order valence-corrected chi connectivity index (χ1v) is 5.91.